The van der Waals surface area contributed by atoms with Gasteiger partial charge in [0.15, 0.2) is 5.82 Å². The smallest absolute Gasteiger partial charge is 0.160 e. The summed E-state index contributed by atoms with van der Waals surface area (Å²) >= 11 is 3.32. The van der Waals surface area contributed by atoms with E-state index in [0.717, 1.165) is 31.5 Å². The Kier molecular flexibility index (Phi) is 4.81. The van der Waals surface area contributed by atoms with E-state index in [1.54, 1.807) is 0 Å². The van der Waals surface area contributed by atoms with Crippen molar-refractivity contribution in [2.24, 2.45) is 5.73 Å². The number of rotatable bonds is 4. The molecule has 5 heteroatoms. The van der Waals surface area contributed by atoms with Crippen molar-refractivity contribution < 1.29 is 4.39 Å². The Morgan fingerprint density at radius 2 is 2.21 bits per heavy atom. The number of hydrogen-bond acceptors (Lipinski definition) is 3. The third-order valence-corrected chi connectivity index (χ3v) is 4.48. The molecule has 1 aliphatic rings. The van der Waals surface area contributed by atoms with Crippen LogP contribution in [0.2, 0.25) is 0 Å². The fourth-order valence-electron chi connectivity index (χ4n) is 2.72. The van der Waals surface area contributed by atoms with Gasteiger partial charge in [0.1, 0.15) is 0 Å². The molecule has 1 aromatic carbocycles. The lowest BCUT2D eigenvalue weighted by Gasteiger charge is -2.29. The minimum Gasteiger partial charge on any atom is -0.365 e. The first-order valence-electron chi connectivity index (χ1n) is 6.63. The number of nitrogens with two attached hydrogens (primary N) is 1. The molecule has 0 radical (unpaired) electrons. The number of benzene rings is 1. The van der Waals surface area contributed by atoms with Gasteiger partial charge in [0.05, 0.1) is 10.2 Å². The molecule has 0 aromatic heterocycles. The van der Waals surface area contributed by atoms with Gasteiger partial charge in [0.2, 0.25) is 0 Å². The fraction of sp³-hybridized carbons (Fsp3) is 0.571. The van der Waals surface area contributed by atoms with E-state index in [1.165, 1.54) is 0 Å². The highest BCUT2D eigenvalue weighted by molar-refractivity contribution is 9.10. The van der Waals surface area contributed by atoms with Crippen LogP contribution < -0.4 is 10.6 Å². The molecule has 19 heavy (non-hydrogen) atoms. The summed E-state index contributed by atoms with van der Waals surface area (Å²) in [4.78, 5) is 4.34. The molecule has 1 atom stereocenters. The van der Waals surface area contributed by atoms with E-state index >= 15 is 0 Å². The van der Waals surface area contributed by atoms with Crippen LogP contribution in [0.3, 0.4) is 0 Å². The van der Waals surface area contributed by atoms with E-state index in [-0.39, 0.29) is 5.82 Å². The van der Waals surface area contributed by atoms with Gasteiger partial charge in [-0.15, -0.1) is 0 Å². The summed E-state index contributed by atoms with van der Waals surface area (Å²) in [6.07, 6.45) is 2.24. The Hall–Kier alpha value is -0.650. The van der Waals surface area contributed by atoms with Gasteiger partial charge in [-0.25, -0.2) is 4.39 Å². The maximum atomic E-state index is 14.5. The minimum atomic E-state index is -0.186. The van der Waals surface area contributed by atoms with Crippen molar-refractivity contribution >= 4 is 21.6 Å². The molecular formula is C14H21BrFN3. The van der Waals surface area contributed by atoms with Crippen molar-refractivity contribution in [2.75, 3.05) is 32.1 Å². The summed E-state index contributed by atoms with van der Waals surface area (Å²) in [5.41, 5.74) is 7.10. The molecular weight excluding hydrogens is 309 g/mol. The monoisotopic (exact) mass is 329 g/mol. The molecule has 1 saturated heterocycles. The fourth-order valence-corrected chi connectivity index (χ4v) is 3.22. The zero-order valence-electron chi connectivity index (χ0n) is 11.5. The standard InChI is InChI=1S/C14H21BrFN3/c1-18(2)9-11-4-3-7-19(11)12-6-5-10(8-17)13(15)14(12)16/h5-6,11H,3-4,7-9,17H2,1-2H3. The lowest BCUT2D eigenvalue weighted by atomic mass is 10.1. The van der Waals surface area contributed by atoms with Crippen LogP contribution in [-0.4, -0.2) is 38.1 Å². The predicted molar refractivity (Wildman–Crippen MR) is 80.9 cm³/mol. The van der Waals surface area contributed by atoms with Crippen LogP contribution in [0.15, 0.2) is 16.6 Å². The van der Waals surface area contributed by atoms with Gasteiger partial charge in [-0.3, -0.25) is 0 Å². The molecule has 1 aliphatic heterocycles. The number of halogens is 2. The number of likely N-dealkylation sites (N-methyl/N-ethyl adjacent to an activating group) is 1. The third kappa shape index (κ3) is 3.09. The number of hydrogen-bond donors (Lipinski definition) is 1. The average molecular weight is 330 g/mol. The van der Waals surface area contributed by atoms with E-state index in [4.69, 9.17) is 5.73 Å². The normalized spacial score (nSPS) is 19.5. The van der Waals surface area contributed by atoms with Crippen LogP contribution in [0.25, 0.3) is 0 Å². The Balaban J connectivity index is 2.28. The molecule has 0 amide bonds. The maximum Gasteiger partial charge on any atom is 0.160 e. The van der Waals surface area contributed by atoms with E-state index in [1.807, 2.05) is 12.1 Å². The van der Waals surface area contributed by atoms with E-state index in [0.29, 0.717) is 22.7 Å². The zero-order valence-corrected chi connectivity index (χ0v) is 13.1. The third-order valence-electron chi connectivity index (χ3n) is 3.62. The zero-order chi connectivity index (χ0) is 14.0. The van der Waals surface area contributed by atoms with Gasteiger partial charge in [0.25, 0.3) is 0 Å². The topological polar surface area (TPSA) is 32.5 Å². The predicted octanol–water partition coefficient (Wildman–Crippen LogP) is 2.58. The lowest BCUT2D eigenvalue weighted by Crippen LogP contribution is -2.38. The second kappa shape index (κ2) is 6.20. The van der Waals surface area contributed by atoms with Crippen LogP contribution in [0.4, 0.5) is 10.1 Å². The molecule has 0 bridgehead atoms. The second-order valence-electron chi connectivity index (χ2n) is 5.33. The molecule has 1 aromatic rings. The van der Waals surface area contributed by atoms with Crippen LogP contribution in [0.1, 0.15) is 18.4 Å². The second-order valence-corrected chi connectivity index (χ2v) is 6.12. The van der Waals surface area contributed by atoms with Crippen LogP contribution in [-0.2, 0) is 6.54 Å². The quantitative estimate of drug-likeness (QED) is 0.921. The highest BCUT2D eigenvalue weighted by Crippen LogP contribution is 2.33. The van der Waals surface area contributed by atoms with Crippen molar-refractivity contribution in [3.63, 3.8) is 0 Å². The van der Waals surface area contributed by atoms with Gasteiger partial charge >= 0.3 is 0 Å². The van der Waals surface area contributed by atoms with Crippen molar-refractivity contribution in [1.29, 1.82) is 0 Å². The van der Waals surface area contributed by atoms with Gasteiger partial charge in [-0.2, -0.15) is 0 Å². The molecule has 1 unspecified atom stereocenters. The van der Waals surface area contributed by atoms with Crippen molar-refractivity contribution in [3.05, 3.63) is 28.0 Å². The lowest BCUT2D eigenvalue weighted by molar-refractivity contribution is 0.371. The van der Waals surface area contributed by atoms with Gasteiger partial charge in [0, 0.05) is 25.7 Å². The van der Waals surface area contributed by atoms with Crippen LogP contribution in [0, 0.1) is 5.82 Å². The average Bonchev–Trinajstić information content (AvgIpc) is 2.80. The highest BCUT2D eigenvalue weighted by Gasteiger charge is 2.28. The molecule has 0 saturated carbocycles. The molecule has 3 nitrogen and oxygen atoms in total. The molecule has 106 valence electrons. The van der Waals surface area contributed by atoms with E-state index < -0.39 is 0 Å². The Morgan fingerprint density at radius 3 is 2.84 bits per heavy atom. The SMILES string of the molecule is CN(C)CC1CCCN1c1ccc(CN)c(Br)c1F. The summed E-state index contributed by atoms with van der Waals surface area (Å²) in [5, 5.41) is 0. The first-order valence-corrected chi connectivity index (χ1v) is 7.42. The number of anilines is 1. The molecule has 1 fully saturated rings. The summed E-state index contributed by atoms with van der Waals surface area (Å²) in [6.45, 7) is 2.22. The van der Waals surface area contributed by atoms with Gasteiger partial charge in [-0.05, 0) is 54.5 Å². The molecule has 0 aliphatic carbocycles. The molecule has 1 heterocycles. The largest absolute Gasteiger partial charge is 0.365 e. The Labute approximate surface area is 122 Å². The highest BCUT2D eigenvalue weighted by atomic mass is 79.9. The summed E-state index contributed by atoms with van der Waals surface area (Å²) in [7, 11) is 4.11. The van der Waals surface area contributed by atoms with Crippen LogP contribution >= 0.6 is 15.9 Å². The first-order chi connectivity index (χ1) is 9.04. The summed E-state index contributed by atoms with van der Waals surface area (Å²) in [5.74, 6) is -0.186. The number of nitrogens with zero attached hydrogens (tertiary/aromatic N) is 2. The van der Waals surface area contributed by atoms with Gasteiger partial charge in [-0.1, -0.05) is 6.07 Å². The van der Waals surface area contributed by atoms with Crippen LogP contribution in [0.5, 0.6) is 0 Å². The Morgan fingerprint density at radius 1 is 1.47 bits per heavy atom. The van der Waals surface area contributed by atoms with E-state index in [2.05, 4.69) is 39.8 Å². The van der Waals surface area contributed by atoms with Crippen molar-refractivity contribution in [3.8, 4) is 0 Å². The Bertz CT molecular complexity index is 451. The van der Waals surface area contributed by atoms with E-state index in [9.17, 15) is 4.39 Å². The van der Waals surface area contributed by atoms with Gasteiger partial charge < -0.3 is 15.5 Å². The maximum absolute atomic E-state index is 14.5. The minimum absolute atomic E-state index is 0.186. The molecule has 0 spiro atoms. The van der Waals surface area contributed by atoms with Crippen molar-refractivity contribution in [2.45, 2.75) is 25.4 Å². The van der Waals surface area contributed by atoms with Crippen molar-refractivity contribution in [1.82, 2.24) is 4.90 Å². The summed E-state index contributed by atoms with van der Waals surface area (Å²) in [6, 6.07) is 4.16. The molecule has 2 N–H and O–H groups in total. The molecule has 2 rings (SSSR count). The summed E-state index contributed by atoms with van der Waals surface area (Å²) < 4.78 is 15.0. The first kappa shape index (κ1) is 14.8.